The number of hydrogen-bond acceptors (Lipinski definition) is 3. The largest absolute Gasteiger partial charge is 0.355 e. The van der Waals surface area contributed by atoms with Crippen LogP contribution in [0.2, 0.25) is 0 Å². The molecule has 0 aromatic carbocycles. The zero-order valence-corrected chi connectivity index (χ0v) is 19.7. The molecule has 0 spiro atoms. The summed E-state index contributed by atoms with van der Waals surface area (Å²) in [5.41, 5.74) is 13.7. The third-order valence-corrected chi connectivity index (χ3v) is 6.60. The van der Waals surface area contributed by atoms with Gasteiger partial charge in [0.1, 0.15) is 0 Å². The van der Waals surface area contributed by atoms with Crippen molar-refractivity contribution in [2.24, 2.45) is 7.05 Å². The quantitative estimate of drug-likeness (QED) is 0.312. The normalized spacial score (nSPS) is 12.8. The first-order chi connectivity index (χ1) is 16.5. The topological polar surface area (TPSA) is 59.4 Å². The van der Waals surface area contributed by atoms with E-state index in [1.54, 1.807) is 0 Å². The van der Waals surface area contributed by atoms with Gasteiger partial charge in [-0.1, -0.05) is 6.07 Å². The van der Waals surface area contributed by atoms with Crippen LogP contribution in [-0.2, 0) is 7.05 Å². The van der Waals surface area contributed by atoms with Crippen molar-refractivity contribution in [3.63, 3.8) is 0 Å². The van der Waals surface area contributed by atoms with Crippen LogP contribution in [0.3, 0.4) is 0 Å². The lowest BCUT2D eigenvalue weighted by Crippen LogP contribution is -1.93. The first-order valence-corrected chi connectivity index (χ1v) is 11.4. The highest BCUT2D eigenvalue weighted by Crippen LogP contribution is 2.35. The van der Waals surface area contributed by atoms with Crippen LogP contribution in [0.5, 0.6) is 0 Å². The second-order valence-corrected chi connectivity index (χ2v) is 8.94. The number of allylic oxidation sites excluding steroid dienone is 1. The van der Waals surface area contributed by atoms with E-state index in [1.807, 2.05) is 18.3 Å². The smallest absolute Gasteiger partial charge is 0.0726 e. The summed E-state index contributed by atoms with van der Waals surface area (Å²) in [4.78, 5) is 18.0. The van der Waals surface area contributed by atoms with Crippen molar-refractivity contribution in [1.29, 1.82) is 0 Å². The Balaban J connectivity index is 1.81. The molecule has 0 unspecified atom stereocenters. The zero-order valence-electron chi connectivity index (χ0n) is 19.7. The van der Waals surface area contributed by atoms with E-state index in [-0.39, 0.29) is 0 Å². The summed E-state index contributed by atoms with van der Waals surface area (Å²) in [5, 5.41) is 0. The van der Waals surface area contributed by atoms with Gasteiger partial charge in [-0.15, -0.1) is 0 Å². The van der Waals surface area contributed by atoms with E-state index in [4.69, 9.17) is 15.0 Å². The van der Waals surface area contributed by atoms with Gasteiger partial charge >= 0.3 is 0 Å². The number of nitrogens with one attached hydrogen (secondary N) is 1. The van der Waals surface area contributed by atoms with E-state index in [1.165, 1.54) is 11.1 Å². The summed E-state index contributed by atoms with van der Waals surface area (Å²) < 4.78 is 2.26. The van der Waals surface area contributed by atoms with Gasteiger partial charge in [-0.05, 0) is 98.2 Å². The van der Waals surface area contributed by atoms with Gasteiger partial charge in [0.15, 0.2) is 0 Å². The summed E-state index contributed by atoms with van der Waals surface area (Å²) >= 11 is 0. The van der Waals surface area contributed by atoms with Crippen LogP contribution in [0.25, 0.3) is 57.1 Å². The van der Waals surface area contributed by atoms with Gasteiger partial charge < -0.3 is 9.55 Å². The SMILES string of the molecule is CC1=Cc2cc3ccc(cc4nc(cc5c(-c6ccccn6)c(C)c(c(C)c1n2)n5C)C=C4)[nH]3. The fourth-order valence-corrected chi connectivity index (χ4v) is 5.10. The Morgan fingerprint density at radius 2 is 1.53 bits per heavy atom. The highest BCUT2D eigenvalue weighted by molar-refractivity contribution is 5.93. The molecule has 0 atom stereocenters. The lowest BCUT2D eigenvalue weighted by Gasteiger charge is -2.04. The number of nitrogens with zero attached hydrogens (tertiary/aromatic N) is 4. The highest BCUT2D eigenvalue weighted by Gasteiger charge is 2.18. The number of fused-ring (bicyclic) bond motifs is 8. The standard InChI is InChI=1S/C29H25N5/c1-17-13-24-15-22-9-8-20(31-22)14-21-10-11-23(32-21)16-26-27(25-7-5-6-12-30-25)18(2)29(34(26)4)19(3)28(17)33-24/h5-16,31H,1-4H3. The van der Waals surface area contributed by atoms with Crippen LogP contribution < -0.4 is 0 Å². The second kappa shape index (κ2) is 7.66. The first kappa shape index (κ1) is 20.4. The van der Waals surface area contributed by atoms with Crippen LogP contribution in [0, 0.1) is 13.8 Å². The molecular formula is C29H25N5. The van der Waals surface area contributed by atoms with Crippen molar-refractivity contribution < 1.29 is 0 Å². The maximum atomic E-state index is 5.01. The molecule has 0 saturated heterocycles. The van der Waals surface area contributed by atoms with Crippen molar-refractivity contribution in [2.45, 2.75) is 20.8 Å². The molecule has 5 nitrogen and oxygen atoms in total. The summed E-state index contributed by atoms with van der Waals surface area (Å²) in [6.45, 7) is 6.47. The van der Waals surface area contributed by atoms with E-state index in [0.29, 0.717) is 0 Å². The molecule has 0 saturated carbocycles. The molecule has 6 rings (SSSR count). The third kappa shape index (κ3) is 3.28. The van der Waals surface area contributed by atoms with E-state index in [9.17, 15) is 0 Å². The van der Waals surface area contributed by atoms with E-state index in [2.05, 4.69) is 92.0 Å². The molecule has 6 heterocycles. The van der Waals surface area contributed by atoms with Crippen molar-refractivity contribution in [2.75, 3.05) is 0 Å². The summed E-state index contributed by atoms with van der Waals surface area (Å²) in [7, 11) is 2.12. The highest BCUT2D eigenvalue weighted by atomic mass is 15.0. The minimum absolute atomic E-state index is 0.920. The number of aromatic nitrogens is 5. The van der Waals surface area contributed by atoms with Crippen molar-refractivity contribution in [3.8, 4) is 11.3 Å². The summed E-state index contributed by atoms with van der Waals surface area (Å²) in [5.74, 6) is 0. The molecule has 1 N–H and O–H groups in total. The lowest BCUT2D eigenvalue weighted by molar-refractivity contribution is 0.999. The Kier molecular flexibility index (Phi) is 4.59. The Bertz CT molecular complexity index is 1680. The minimum Gasteiger partial charge on any atom is -0.355 e. The summed E-state index contributed by atoms with van der Waals surface area (Å²) in [6, 6.07) is 16.5. The molecule has 2 aliphatic heterocycles. The average Bonchev–Trinajstić information content (AvgIpc) is 3.58. The Morgan fingerprint density at radius 3 is 2.26 bits per heavy atom. The number of rotatable bonds is 1. The number of aromatic amines is 1. The molecule has 8 bridgehead atoms. The second-order valence-electron chi connectivity index (χ2n) is 8.94. The predicted molar refractivity (Wildman–Crippen MR) is 141 cm³/mol. The van der Waals surface area contributed by atoms with Gasteiger partial charge in [0.2, 0.25) is 0 Å². The van der Waals surface area contributed by atoms with Gasteiger partial charge in [0, 0.05) is 35.4 Å². The number of pyridine rings is 1. The molecule has 0 fully saturated rings. The van der Waals surface area contributed by atoms with Gasteiger partial charge in [-0.3, -0.25) is 4.98 Å². The average molecular weight is 444 g/mol. The minimum atomic E-state index is 0.920. The fraction of sp³-hybridized carbons (Fsp3) is 0.138. The van der Waals surface area contributed by atoms with Crippen molar-refractivity contribution in [3.05, 3.63) is 88.6 Å². The predicted octanol–water partition coefficient (Wildman–Crippen LogP) is 6.73. The molecule has 34 heavy (non-hydrogen) atoms. The molecule has 4 aromatic rings. The maximum absolute atomic E-state index is 5.01. The van der Waals surface area contributed by atoms with Crippen LogP contribution in [0.1, 0.15) is 40.8 Å². The van der Waals surface area contributed by atoms with E-state index < -0.39 is 0 Å². The van der Waals surface area contributed by atoms with Crippen LogP contribution >= 0.6 is 0 Å². The van der Waals surface area contributed by atoms with Crippen molar-refractivity contribution in [1.82, 2.24) is 24.5 Å². The summed E-state index contributed by atoms with van der Waals surface area (Å²) in [6.07, 6.45) is 8.11. The molecule has 2 aliphatic rings. The van der Waals surface area contributed by atoms with Gasteiger partial charge in [0.05, 0.1) is 34.0 Å². The number of aryl methyl sites for hydroxylation is 3. The molecule has 0 amide bonds. The Hall–Kier alpha value is -4.25. The van der Waals surface area contributed by atoms with Gasteiger partial charge in [-0.2, -0.15) is 0 Å². The molecule has 0 aliphatic carbocycles. The molecule has 4 aromatic heterocycles. The van der Waals surface area contributed by atoms with Crippen molar-refractivity contribution >= 4 is 45.9 Å². The van der Waals surface area contributed by atoms with Gasteiger partial charge in [0.25, 0.3) is 0 Å². The Morgan fingerprint density at radius 1 is 0.794 bits per heavy atom. The van der Waals surface area contributed by atoms with Gasteiger partial charge in [-0.25, -0.2) is 9.97 Å². The molecular weight excluding hydrogens is 418 g/mol. The maximum Gasteiger partial charge on any atom is 0.0726 e. The zero-order chi connectivity index (χ0) is 23.4. The van der Waals surface area contributed by atoms with E-state index in [0.717, 1.165) is 61.7 Å². The molecule has 0 radical (unpaired) electrons. The third-order valence-electron chi connectivity index (χ3n) is 6.60. The molecule has 5 heteroatoms. The number of H-pyrrole nitrogens is 1. The fourth-order valence-electron chi connectivity index (χ4n) is 5.10. The Labute approximate surface area is 198 Å². The van der Waals surface area contributed by atoms with Crippen LogP contribution in [-0.4, -0.2) is 24.5 Å². The molecule has 166 valence electrons. The van der Waals surface area contributed by atoms with Crippen LogP contribution in [0.15, 0.2) is 54.7 Å². The monoisotopic (exact) mass is 443 g/mol. The van der Waals surface area contributed by atoms with E-state index >= 15 is 0 Å². The van der Waals surface area contributed by atoms with Crippen LogP contribution in [0.4, 0.5) is 0 Å². The first-order valence-electron chi connectivity index (χ1n) is 11.4. The number of hydrogen-bond donors (Lipinski definition) is 1. The lowest BCUT2D eigenvalue weighted by atomic mass is 10.0.